The number of nitro groups is 1. The average Bonchev–Trinajstić information content (AvgIpc) is 2.70. The molecule has 10 heteroatoms. The van der Waals surface area contributed by atoms with Crippen LogP contribution in [0.15, 0.2) is 48.8 Å². The lowest BCUT2D eigenvalue weighted by atomic mass is 10.1. The Hall–Kier alpha value is -3.72. The highest BCUT2D eigenvalue weighted by Crippen LogP contribution is 2.34. The van der Waals surface area contributed by atoms with Gasteiger partial charge in [-0.3, -0.25) is 10.1 Å². The van der Waals surface area contributed by atoms with Gasteiger partial charge in [-0.25, -0.2) is 14.8 Å². The predicted molar refractivity (Wildman–Crippen MR) is 114 cm³/mol. The van der Waals surface area contributed by atoms with E-state index >= 15 is 0 Å². The van der Waals surface area contributed by atoms with E-state index in [-0.39, 0.29) is 29.5 Å². The Morgan fingerprint density at radius 1 is 1.13 bits per heavy atom. The Morgan fingerprint density at radius 2 is 1.80 bits per heavy atom. The Kier molecular flexibility index (Phi) is 6.43. The molecular weight excluding hydrogens is 410 g/mol. The largest absolute Gasteiger partial charge is 0.462 e. The molecule has 1 heterocycles. The van der Waals surface area contributed by atoms with E-state index in [9.17, 15) is 14.9 Å². The van der Waals surface area contributed by atoms with Crippen LogP contribution < -0.4 is 10.6 Å². The molecule has 2 aromatic carbocycles. The Morgan fingerprint density at radius 3 is 2.43 bits per heavy atom. The number of anilines is 4. The van der Waals surface area contributed by atoms with Crippen LogP contribution in [-0.4, -0.2) is 27.5 Å². The molecule has 0 amide bonds. The number of benzene rings is 2. The van der Waals surface area contributed by atoms with Gasteiger partial charge in [-0.2, -0.15) is 0 Å². The fraction of sp³-hybridized carbons (Fsp3) is 0.150. The summed E-state index contributed by atoms with van der Waals surface area (Å²) in [5.41, 5.74) is 1.59. The van der Waals surface area contributed by atoms with Gasteiger partial charge in [0.15, 0.2) is 0 Å². The van der Waals surface area contributed by atoms with Crippen LogP contribution in [-0.2, 0) is 4.74 Å². The quantitative estimate of drug-likeness (QED) is 0.306. The molecule has 1 aromatic heterocycles. The molecule has 2 N–H and O–H groups in total. The second-order valence-electron chi connectivity index (χ2n) is 6.15. The third-order valence-corrected chi connectivity index (χ3v) is 4.36. The molecule has 154 valence electrons. The van der Waals surface area contributed by atoms with Gasteiger partial charge in [0.25, 0.3) is 0 Å². The summed E-state index contributed by atoms with van der Waals surface area (Å²) in [6.45, 7) is 3.71. The van der Waals surface area contributed by atoms with E-state index in [4.69, 9.17) is 16.3 Å². The lowest BCUT2D eigenvalue weighted by molar-refractivity contribution is -0.383. The third-order valence-electron chi connectivity index (χ3n) is 4.12. The first-order chi connectivity index (χ1) is 14.4. The first-order valence-electron chi connectivity index (χ1n) is 8.96. The van der Waals surface area contributed by atoms with E-state index < -0.39 is 10.9 Å². The molecule has 9 nitrogen and oxygen atoms in total. The normalized spacial score (nSPS) is 10.4. The van der Waals surface area contributed by atoms with Gasteiger partial charge in [0, 0.05) is 10.7 Å². The van der Waals surface area contributed by atoms with Crippen LogP contribution in [0, 0.1) is 17.0 Å². The van der Waals surface area contributed by atoms with Crippen molar-refractivity contribution < 1.29 is 14.5 Å². The summed E-state index contributed by atoms with van der Waals surface area (Å²) < 4.78 is 5.04. The number of esters is 1. The molecule has 0 saturated heterocycles. The van der Waals surface area contributed by atoms with Gasteiger partial charge in [-0.15, -0.1) is 0 Å². The zero-order valence-corrected chi connectivity index (χ0v) is 16.9. The first-order valence-corrected chi connectivity index (χ1v) is 9.34. The number of ether oxygens (including phenoxy) is 1. The van der Waals surface area contributed by atoms with E-state index in [2.05, 4.69) is 20.6 Å². The average molecular weight is 428 g/mol. The highest BCUT2D eigenvalue weighted by atomic mass is 35.5. The number of nitrogens with zero attached hydrogens (tertiary/aromatic N) is 3. The van der Waals surface area contributed by atoms with Crippen molar-refractivity contribution in [2.24, 2.45) is 0 Å². The number of para-hydroxylation sites is 1. The van der Waals surface area contributed by atoms with E-state index in [1.807, 2.05) is 6.92 Å². The summed E-state index contributed by atoms with van der Waals surface area (Å²) >= 11 is 5.97. The van der Waals surface area contributed by atoms with Crippen molar-refractivity contribution in [1.29, 1.82) is 0 Å². The van der Waals surface area contributed by atoms with Crippen molar-refractivity contribution in [3.05, 3.63) is 75.1 Å². The van der Waals surface area contributed by atoms with E-state index in [1.165, 1.54) is 6.33 Å². The zero-order chi connectivity index (χ0) is 21.7. The van der Waals surface area contributed by atoms with E-state index in [0.29, 0.717) is 16.4 Å². The molecule has 3 aromatic rings. The van der Waals surface area contributed by atoms with Crippen LogP contribution in [0.25, 0.3) is 0 Å². The third kappa shape index (κ3) is 4.64. The van der Waals surface area contributed by atoms with Gasteiger partial charge in [-0.05, 0) is 49.7 Å². The summed E-state index contributed by atoms with van der Waals surface area (Å²) in [5.74, 6) is -0.621. The van der Waals surface area contributed by atoms with Crippen molar-refractivity contribution >= 4 is 46.3 Å². The van der Waals surface area contributed by atoms with Crippen molar-refractivity contribution in [3.63, 3.8) is 0 Å². The van der Waals surface area contributed by atoms with Crippen LogP contribution in [0.4, 0.5) is 28.7 Å². The molecule has 0 fully saturated rings. The summed E-state index contributed by atoms with van der Waals surface area (Å²) in [4.78, 5) is 31.4. The summed E-state index contributed by atoms with van der Waals surface area (Å²) in [7, 11) is 0. The minimum absolute atomic E-state index is 0.00321. The second-order valence-corrected chi connectivity index (χ2v) is 6.59. The number of hydrogen-bond acceptors (Lipinski definition) is 8. The SMILES string of the molecule is CCOC(=O)c1ccccc1Nc1ncnc(Nc2ccc(Cl)cc2C)c1[N+](=O)[O-]. The number of halogens is 1. The van der Waals surface area contributed by atoms with Crippen LogP contribution >= 0.6 is 11.6 Å². The highest BCUT2D eigenvalue weighted by Gasteiger charge is 2.25. The number of carbonyl (C=O) groups is 1. The molecule has 0 radical (unpaired) electrons. The lowest BCUT2D eigenvalue weighted by Crippen LogP contribution is -2.10. The van der Waals surface area contributed by atoms with Crippen LogP contribution in [0.1, 0.15) is 22.8 Å². The monoisotopic (exact) mass is 427 g/mol. The molecule has 0 unspecified atom stereocenters. The van der Waals surface area contributed by atoms with Crippen molar-refractivity contribution in [1.82, 2.24) is 9.97 Å². The van der Waals surface area contributed by atoms with Gasteiger partial charge in [0.05, 0.1) is 22.8 Å². The van der Waals surface area contributed by atoms with Crippen LogP contribution in [0.5, 0.6) is 0 Å². The maximum Gasteiger partial charge on any atom is 0.353 e. The van der Waals surface area contributed by atoms with Crippen LogP contribution in [0.2, 0.25) is 5.02 Å². The molecule has 0 aliphatic rings. The number of rotatable bonds is 7. The second kappa shape index (κ2) is 9.19. The minimum Gasteiger partial charge on any atom is -0.462 e. The molecular formula is C20H18ClN5O4. The zero-order valence-electron chi connectivity index (χ0n) is 16.2. The summed E-state index contributed by atoms with van der Waals surface area (Å²) in [5, 5.41) is 18.2. The standard InChI is InChI=1S/C20H18ClN5O4/c1-3-30-20(27)14-6-4-5-7-16(14)25-19-17(26(28)29)18(22-11-23-19)24-15-9-8-13(21)10-12(15)2/h4-11H,3H2,1-2H3,(H2,22,23,24,25). The number of aryl methyl sites for hydroxylation is 1. The molecule has 0 saturated carbocycles. The molecule has 0 spiro atoms. The van der Waals surface area contributed by atoms with E-state index in [0.717, 1.165) is 5.56 Å². The molecule has 0 atom stereocenters. The molecule has 30 heavy (non-hydrogen) atoms. The van der Waals surface area contributed by atoms with Gasteiger partial charge < -0.3 is 15.4 Å². The van der Waals surface area contributed by atoms with Crippen molar-refractivity contribution in [2.45, 2.75) is 13.8 Å². The lowest BCUT2D eigenvalue weighted by Gasteiger charge is -2.13. The fourth-order valence-corrected chi connectivity index (χ4v) is 2.96. The van der Waals surface area contributed by atoms with Gasteiger partial charge in [-0.1, -0.05) is 23.7 Å². The van der Waals surface area contributed by atoms with Gasteiger partial charge >= 0.3 is 11.7 Å². The Labute approximate surface area is 177 Å². The Balaban J connectivity index is 2.00. The summed E-state index contributed by atoms with van der Waals surface area (Å²) in [6.07, 6.45) is 1.19. The number of hydrogen-bond donors (Lipinski definition) is 2. The number of nitrogens with one attached hydrogen (secondary N) is 2. The van der Waals surface area contributed by atoms with Crippen molar-refractivity contribution in [2.75, 3.05) is 17.2 Å². The molecule has 0 aliphatic carbocycles. The molecule has 3 rings (SSSR count). The fourth-order valence-electron chi connectivity index (χ4n) is 2.74. The first kappa shape index (κ1) is 21.0. The van der Waals surface area contributed by atoms with Crippen molar-refractivity contribution in [3.8, 4) is 0 Å². The maximum atomic E-state index is 12.2. The minimum atomic E-state index is -0.594. The molecule has 0 aliphatic heterocycles. The van der Waals surface area contributed by atoms with Crippen LogP contribution in [0.3, 0.4) is 0 Å². The summed E-state index contributed by atoms with van der Waals surface area (Å²) in [6, 6.07) is 11.6. The topological polar surface area (TPSA) is 119 Å². The van der Waals surface area contributed by atoms with Gasteiger partial charge in [0.1, 0.15) is 6.33 Å². The highest BCUT2D eigenvalue weighted by molar-refractivity contribution is 6.30. The number of carbonyl (C=O) groups excluding carboxylic acids is 1. The van der Waals surface area contributed by atoms with E-state index in [1.54, 1.807) is 49.4 Å². The predicted octanol–water partition coefficient (Wildman–Crippen LogP) is 5.01. The number of aromatic nitrogens is 2. The smallest absolute Gasteiger partial charge is 0.353 e. The Bertz CT molecular complexity index is 1110. The molecule has 0 bridgehead atoms. The maximum absolute atomic E-state index is 12.2. The van der Waals surface area contributed by atoms with Gasteiger partial charge in [0.2, 0.25) is 11.6 Å².